The standard InChI is InChI=1S/C11H20.4C2H5.2Al/c1-3-5-7-9-11-10-8-6-4-2;4*1-2;;/h5H,1,4,6-11H2,2H3;4*1H2,2H3;;. The molecule has 0 bridgehead atoms. The van der Waals surface area contributed by atoms with Crippen LogP contribution in [0.5, 0.6) is 0 Å². The van der Waals surface area contributed by atoms with Crippen LogP contribution in [-0.4, -0.2) is 28.3 Å². The second-order valence-corrected chi connectivity index (χ2v) is 14.6. The predicted molar refractivity (Wildman–Crippen MR) is 104 cm³/mol. The minimum Gasteiger partial charge on any atom is -0.147 e. The van der Waals surface area contributed by atoms with Crippen LogP contribution >= 0.6 is 0 Å². The number of hydrogen-bond donors (Lipinski definition) is 0. The Morgan fingerprint density at radius 2 is 1.29 bits per heavy atom. The molecule has 0 fully saturated rings. The predicted octanol–water partition coefficient (Wildman–Crippen LogP) is 7.27. The Bertz CT molecular complexity index is 242. The largest absolute Gasteiger partial charge is 0.296 e. The van der Waals surface area contributed by atoms with Crippen molar-refractivity contribution in [2.45, 2.75) is 105 Å². The first-order valence-corrected chi connectivity index (χ1v) is 14.4. The van der Waals surface area contributed by atoms with Crippen molar-refractivity contribution in [2.75, 3.05) is 0 Å². The maximum absolute atomic E-state index is 4.64. The Balaban J connectivity index is 4.42. The normalized spacial score (nSPS) is 12.2. The molecule has 21 heavy (non-hydrogen) atoms. The van der Waals surface area contributed by atoms with Gasteiger partial charge in [0, 0.05) is 0 Å². The molecule has 0 amide bonds. The van der Waals surface area contributed by atoms with Crippen LogP contribution in [0, 0.1) is 0 Å². The van der Waals surface area contributed by atoms with Gasteiger partial charge in [0.2, 0.25) is 0 Å². The molecule has 0 rings (SSSR count). The Kier molecular flexibility index (Phi) is 15.0. The van der Waals surface area contributed by atoms with E-state index in [1.807, 2.05) is 0 Å². The van der Waals surface area contributed by atoms with Crippen LogP contribution in [0.2, 0.25) is 25.9 Å². The molecular weight excluding hydrogens is 282 g/mol. The number of hydrogen-bond acceptors (Lipinski definition) is 0. The van der Waals surface area contributed by atoms with E-state index in [1.165, 1.54) is 66.1 Å². The van der Waals surface area contributed by atoms with Crippen LogP contribution in [0.4, 0.5) is 0 Å². The molecular formula is C19H40Al2. The summed E-state index contributed by atoms with van der Waals surface area (Å²) in [5, 5.41) is 5.81. The first-order chi connectivity index (χ1) is 10.2. The molecule has 0 radical (unpaired) electrons. The Morgan fingerprint density at radius 3 is 1.76 bits per heavy atom. The molecule has 122 valence electrons. The number of unbranched alkanes of at least 4 members (excludes halogenated alkanes) is 5. The lowest BCUT2D eigenvalue weighted by molar-refractivity contribution is 0.588. The first kappa shape index (κ1) is 21.8. The summed E-state index contributed by atoms with van der Waals surface area (Å²) in [5.41, 5.74) is 0. The molecule has 0 heterocycles. The van der Waals surface area contributed by atoms with Gasteiger partial charge in [0.1, 0.15) is 0 Å². The van der Waals surface area contributed by atoms with E-state index in [2.05, 4.69) is 41.2 Å². The lowest BCUT2D eigenvalue weighted by Crippen LogP contribution is -2.27. The zero-order valence-corrected chi connectivity index (χ0v) is 18.0. The van der Waals surface area contributed by atoms with Crippen molar-refractivity contribution in [3.05, 3.63) is 11.0 Å². The number of rotatable bonds is 14. The van der Waals surface area contributed by atoms with Crippen molar-refractivity contribution in [1.29, 1.82) is 0 Å². The quantitative estimate of drug-likeness (QED) is 0.233. The fourth-order valence-corrected chi connectivity index (χ4v) is 10.9. The third-order valence-corrected chi connectivity index (χ3v) is 13.3. The summed E-state index contributed by atoms with van der Waals surface area (Å²) >= 11 is -1.24. The average Bonchev–Trinajstić information content (AvgIpc) is 2.50. The van der Waals surface area contributed by atoms with Crippen molar-refractivity contribution in [3.63, 3.8) is 0 Å². The van der Waals surface area contributed by atoms with Crippen LogP contribution in [0.1, 0.15) is 79.6 Å². The fourth-order valence-electron chi connectivity index (χ4n) is 3.84. The van der Waals surface area contributed by atoms with Crippen molar-refractivity contribution in [1.82, 2.24) is 0 Å². The van der Waals surface area contributed by atoms with E-state index in [0.717, 1.165) is 4.78 Å². The molecule has 0 spiro atoms. The molecule has 0 N–H and O–H groups in total. The van der Waals surface area contributed by atoms with E-state index < -0.39 is 28.3 Å². The van der Waals surface area contributed by atoms with Gasteiger partial charge in [-0.05, 0) is 0 Å². The topological polar surface area (TPSA) is 0 Å². The van der Waals surface area contributed by atoms with Crippen molar-refractivity contribution in [2.24, 2.45) is 0 Å². The van der Waals surface area contributed by atoms with E-state index in [9.17, 15) is 0 Å². The summed E-state index contributed by atoms with van der Waals surface area (Å²) in [6, 6.07) is 0. The van der Waals surface area contributed by atoms with E-state index in [-0.39, 0.29) is 0 Å². The van der Waals surface area contributed by atoms with Crippen LogP contribution in [-0.2, 0) is 0 Å². The highest BCUT2D eigenvalue weighted by Gasteiger charge is 2.30. The second-order valence-electron chi connectivity index (χ2n) is 6.83. The van der Waals surface area contributed by atoms with Gasteiger partial charge in [0.25, 0.3) is 28.3 Å². The molecule has 2 heteroatoms. The van der Waals surface area contributed by atoms with E-state index in [4.69, 9.17) is 0 Å². The molecule has 0 saturated carbocycles. The van der Waals surface area contributed by atoms with Gasteiger partial charge in [-0.2, -0.15) is 0 Å². The van der Waals surface area contributed by atoms with Crippen molar-refractivity contribution < 1.29 is 0 Å². The zero-order chi connectivity index (χ0) is 16.1. The molecule has 0 saturated heterocycles. The summed E-state index contributed by atoms with van der Waals surface area (Å²) in [7, 11) is 0. The summed E-state index contributed by atoms with van der Waals surface area (Å²) in [4.78, 5) is 0. The van der Waals surface area contributed by atoms with E-state index in [0.29, 0.717) is 0 Å². The average molecular weight is 322 g/mol. The first-order valence-electron chi connectivity index (χ1n) is 9.84. The van der Waals surface area contributed by atoms with Gasteiger partial charge < -0.3 is 0 Å². The van der Waals surface area contributed by atoms with E-state index in [1.54, 1.807) is 4.44 Å². The van der Waals surface area contributed by atoms with Crippen molar-refractivity contribution >= 4 is 28.3 Å². The van der Waals surface area contributed by atoms with Gasteiger partial charge >= 0.3 is 0 Å². The third kappa shape index (κ3) is 8.87. The summed E-state index contributed by atoms with van der Waals surface area (Å²) in [6.07, 6.45) is 10.1. The number of allylic oxidation sites excluding steroid dienone is 1. The lowest BCUT2D eigenvalue weighted by Gasteiger charge is -2.27. The van der Waals surface area contributed by atoms with Gasteiger partial charge in [-0.15, -0.1) is 11.0 Å². The lowest BCUT2D eigenvalue weighted by atomic mass is 10.1. The zero-order valence-electron chi connectivity index (χ0n) is 15.7. The maximum atomic E-state index is 4.64. The van der Waals surface area contributed by atoms with Crippen LogP contribution < -0.4 is 0 Å². The van der Waals surface area contributed by atoms with Gasteiger partial charge in [-0.25, -0.2) is 0 Å². The SMILES string of the molecule is C=[C]([CH](CCCCCCCC)[Al]([CH2]C)[CH2]C)[Al]([CH2]C)[CH2]C. The molecule has 0 aliphatic rings. The molecule has 0 aliphatic carbocycles. The van der Waals surface area contributed by atoms with Crippen LogP contribution in [0.3, 0.4) is 0 Å². The maximum Gasteiger partial charge on any atom is 0.296 e. The third-order valence-electron chi connectivity index (χ3n) is 5.47. The summed E-state index contributed by atoms with van der Waals surface area (Å²) < 4.78 is 2.75. The van der Waals surface area contributed by atoms with Crippen LogP contribution in [0.25, 0.3) is 0 Å². The molecule has 1 unspecified atom stereocenters. The van der Waals surface area contributed by atoms with Crippen LogP contribution in [0.15, 0.2) is 11.0 Å². The highest BCUT2D eigenvalue weighted by molar-refractivity contribution is 6.71. The molecule has 1 atom stereocenters. The summed E-state index contributed by atoms with van der Waals surface area (Å²) in [5.74, 6) is 0. The van der Waals surface area contributed by atoms with Gasteiger partial charge in [-0.3, -0.25) is 0 Å². The Labute approximate surface area is 144 Å². The van der Waals surface area contributed by atoms with E-state index >= 15 is 0 Å². The molecule has 0 aromatic heterocycles. The van der Waals surface area contributed by atoms with Gasteiger partial charge in [-0.1, -0.05) is 105 Å². The smallest absolute Gasteiger partial charge is 0.147 e. The molecule has 0 aromatic carbocycles. The second kappa shape index (κ2) is 14.4. The molecule has 0 aliphatic heterocycles. The monoisotopic (exact) mass is 322 g/mol. The Hall–Kier alpha value is 0.805. The van der Waals surface area contributed by atoms with Crippen molar-refractivity contribution in [3.8, 4) is 0 Å². The minimum atomic E-state index is -0.658. The highest BCUT2D eigenvalue weighted by Crippen LogP contribution is 2.34. The minimum absolute atomic E-state index is 0.579. The van der Waals surface area contributed by atoms with Gasteiger partial charge in [0.15, 0.2) is 0 Å². The molecule has 0 nitrogen and oxygen atoms in total. The fraction of sp³-hybridized carbons (Fsp3) is 0.895. The summed E-state index contributed by atoms with van der Waals surface area (Å²) in [6.45, 7) is 16.6. The molecule has 0 aromatic rings. The highest BCUT2D eigenvalue weighted by atomic mass is 27.2. The Morgan fingerprint density at radius 1 is 0.762 bits per heavy atom. The van der Waals surface area contributed by atoms with Gasteiger partial charge in [0.05, 0.1) is 0 Å².